The second-order valence-corrected chi connectivity index (χ2v) is 9.57. The minimum Gasteiger partial charge on any atom is -0.497 e. The molecule has 1 N–H and O–H groups in total. The van der Waals surface area contributed by atoms with E-state index in [1.54, 1.807) is 18.9 Å². The Labute approximate surface area is 210 Å². The number of aliphatic imine (C=N–C) groups is 1. The fourth-order valence-corrected chi connectivity index (χ4v) is 5.19. The lowest BCUT2D eigenvalue weighted by Crippen LogP contribution is -2.30. The standard InChI is InChI=1S/C16H21NO.C13H18N2S/c1-5-9-17-10-8-14(12(2)3)15-7-6-13(18-4)11-16(15)17;1-16-13(11-7-9-14-10-8-11)15-12-5-3-2-4-6-12/h6-8,11H,2,5,9-10H2,1,3-4H3;2-6,11,14H,7-10H2,1H3. The summed E-state index contributed by atoms with van der Waals surface area (Å²) in [6, 6.07) is 16.5. The first-order valence-corrected chi connectivity index (χ1v) is 13.5. The topological polar surface area (TPSA) is 36.9 Å². The van der Waals surface area contributed by atoms with Crippen LogP contribution >= 0.6 is 11.8 Å². The fourth-order valence-electron chi connectivity index (χ4n) is 4.43. The van der Waals surface area contributed by atoms with E-state index in [4.69, 9.17) is 9.73 Å². The molecule has 2 aromatic carbocycles. The molecule has 2 heterocycles. The third-order valence-corrected chi connectivity index (χ3v) is 7.04. The molecule has 0 unspecified atom stereocenters. The number of para-hydroxylation sites is 1. The number of nitrogens with zero attached hydrogens (tertiary/aromatic N) is 2. The number of rotatable bonds is 6. The molecular weight excluding hydrogens is 438 g/mol. The molecule has 4 rings (SSSR count). The molecule has 2 aromatic rings. The summed E-state index contributed by atoms with van der Waals surface area (Å²) in [5.41, 5.74) is 5.99. The van der Waals surface area contributed by atoms with Gasteiger partial charge in [-0.05, 0) is 75.4 Å². The predicted molar refractivity (Wildman–Crippen MR) is 151 cm³/mol. The van der Waals surface area contributed by atoms with Gasteiger partial charge in [-0.15, -0.1) is 11.8 Å². The van der Waals surface area contributed by atoms with Crippen LogP contribution in [0.2, 0.25) is 0 Å². The van der Waals surface area contributed by atoms with Crippen molar-refractivity contribution in [2.24, 2.45) is 10.9 Å². The van der Waals surface area contributed by atoms with Gasteiger partial charge in [-0.25, -0.2) is 4.99 Å². The van der Waals surface area contributed by atoms with Crippen LogP contribution in [0, 0.1) is 5.92 Å². The van der Waals surface area contributed by atoms with E-state index in [-0.39, 0.29) is 0 Å². The molecule has 0 aromatic heterocycles. The zero-order chi connectivity index (χ0) is 24.3. The Hall–Kier alpha value is -2.50. The largest absolute Gasteiger partial charge is 0.497 e. The average Bonchev–Trinajstić information content (AvgIpc) is 2.88. The van der Waals surface area contributed by atoms with Gasteiger partial charge in [-0.3, -0.25) is 0 Å². The summed E-state index contributed by atoms with van der Waals surface area (Å²) in [7, 11) is 1.71. The molecular formula is C29H39N3OS. The van der Waals surface area contributed by atoms with Crippen LogP contribution in [-0.4, -0.2) is 44.6 Å². The summed E-state index contributed by atoms with van der Waals surface area (Å²) in [4.78, 5) is 7.15. The Bertz CT molecular complexity index is 994. The van der Waals surface area contributed by atoms with Crippen LogP contribution in [0.1, 0.15) is 38.7 Å². The molecule has 182 valence electrons. The van der Waals surface area contributed by atoms with Crippen molar-refractivity contribution in [2.45, 2.75) is 33.1 Å². The van der Waals surface area contributed by atoms with E-state index in [0.717, 1.165) is 49.6 Å². The van der Waals surface area contributed by atoms with E-state index in [2.05, 4.69) is 67.2 Å². The van der Waals surface area contributed by atoms with Gasteiger partial charge in [0.1, 0.15) is 5.75 Å². The molecule has 0 aliphatic carbocycles. The van der Waals surface area contributed by atoms with Gasteiger partial charge in [0, 0.05) is 36.3 Å². The van der Waals surface area contributed by atoms with Gasteiger partial charge in [0.2, 0.25) is 0 Å². The summed E-state index contributed by atoms with van der Waals surface area (Å²) in [5.74, 6) is 1.56. The maximum Gasteiger partial charge on any atom is 0.120 e. The Balaban J connectivity index is 0.000000192. The highest BCUT2D eigenvalue weighted by Gasteiger charge is 2.19. The van der Waals surface area contributed by atoms with Crippen LogP contribution < -0.4 is 15.0 Å². The Morgan fingerprint density at radius 1 is 1.18 bits per heavy atom. The number of benzene rings is 2. The number of allylic oxidation sites excluding steroid dienone is 2. The minimum absolute atomic E-state index is 0.649. The maximum atomic E-state index is 5.33. The van der Waals surface area contributed by atoms with Crippen molar-refractivity contribution in [1.82, 2.24) is 5.32 Å². The lowest BCUT2D eigenvalue weighted by atomic mass is 9.94. The second-order valence-electron chi connectivity index (χ2n) is 8.74. The van der Waals surface area contributed by atoms with Gasteiger partial charge in [0.15, 0.2) is 0 Å². The first-order valence-electron chi connectivity index (χ1n) is 12.2. The van der Waals surface area contributed by atoms with Gasteiger partial charge < -0.3 is 15.0 Å². The van der Waals surface area contributed by atoms with Crippen molar-refractivity contribution in [3.05, 3.63) is 72.3 Å². The van der Waals surface area contributed by atoms with Gasteiger partial charge in [-0.2, -0.15) is 0 Å². The lowest BCUT2D eigenvalue weighted by Gasteiger charge is -2.31. The van der Waals surface area contributed by atoms with Gasteiger partial charge in [0.25, 0.3) is 0 Å². The van der Waals surface area contributed by atoms with E-state index >= 15 is 0 Å². The smallest absolute Gasteiger partial charge is 0.120 e. The average molecular weight is 478 g/mol. The molecule has 5 heteroatoms. The number of fused-ring (bicyclic) bond motifs is 1. The maximum absolute atomic E-state index is 5.33. The van der Waals surface area contributed by atoms with Crippen LogP contribution in [0.5, 0.6) is 5.75 Å². The van der Waals surface area contributed by atoms with Crippen molar-refractivity contribution >= 4 is 33.8 Å². The predicted octanol–water partition coefficient (Wildman–Crippen LogP) is 6.96. The Kier molecular flexibility index (Phi) is 10.3. The van der Waals surface area contributed by atoms with Crippen molar-refractivity contribution < 1.29 is 4.74 Å². The lowest BCUT2D eigenvalue weighted by molar-refractivity contribution is 0.414. The first kappa shape index (κ1) is 26.1. The molecule has 1 fully saturated rings. The zero-order valence-electron chi connectivity index (χ0n) is 21.1. The molecule has 0 bridgehead atoms. The molecule has 4 nitrogen and oxygen atoms in total. The summed E-state index contributed by atoms with van der Waals surface area (Å²) < 4.78 is 5.33. The number of thioether (sulfide) groups is 1. The van der Waals surface area contributed by atoms with E-state index < -0.39 is 0 Å². The number of piperidine rings is 1. The third-order valence-electron chi connectivity index (χ3n) is 6.20. The van der Waals surface area contributed by atoms with Gasteiger partial charge in [-0.1, -0.05) is 43.4 Å². The summed E-state index contributed by atoms with van der Waals surface area (Å²) in [6.45, 7) is 12.6. The van der Waals surface area contributed by atoms with Crippen LogP contribution in [0.25, 0.3) is 5.57 Å². The minimum atomic E-state index is 0.649. The summed E-state index contributed by atoms with van der Waals surface area (Å²) in [6.07, 6.45) is 7.97. The number of hydrogen-bond donors (Lipinski definition) is 1. The third kappa shape index (κ3) is 7.00. The molecule has 0 spiro atoms. The van der Waals surface area contributed by atoms with E-state index in [1.807, 2.05) is 24.3 Å². The normalized spacial score (nSPS) is 16.2. The molecule has 2 aliphatic heterocycles. The molecule has 1 saturated heterocycles. The van der Waals surface area contributed by atoms with Crippen molar-refractivity contribution in [3.8, 4) is 5.75 Å². The summed E-state index contributed by atoms with van der Waals surface area (Å²) >= 11 is 1.79. The molecule has 0 atom stereocenters. The SMILES string of the molecule is C=C(C)C1=CCN(CCC)c2cc(OC)ccc21.CSC(=Nc1ccccc1)C1CCNCC1. The van der Waals surface area contributed by atoms with E-state index in [1.165, 1.54) is 34.7 Å². The number of nitrogens with one attached hydrogen (secondary N) is 1. The van der Waals surface area contributed by atoms with Crippen molar-refractivity contribution in [3.63, 3.8) is 0 Å². The highest BCUT2D eigenvalue weighted by molar-refractivity contribution is 8.13. The van der Waals surface area contributed by atoms with E-state index in [9.17, 15) is 0 Å². The van der Waals surface area contributed by atoms with Crippen molar-refractivity contribution in [2.75, 3.05) is 44.4 Å². The molecule has 0 saturated carbocycles. The number of anilines is 1. The molecule has 34 heavy (non-hydrogen) atoms. The van der Waals surface area contributed by atoms with Crippen LogP contribution in [0.3, 0.4) is 0 Å². The Morgan fingerprint density at radius 3 is 2.53 bits per heavy atom. The number of hydrogen-bond acceptors (Lipinski definition) is 5. The monoisotopic (exact) mass is 477 g/mol. The zero-order valence-corrected chi connectivity index (χ0v) is 22.0. The highest BCUT2D eigenvalue weighted by atomic mass is 32.2. The molecule has 2 aliphatic rings. The van der Waals surface area contributed by atoms with E-state index in [0.29, 0.717) is 5.92 Å². The highest BCUT2D eigenvalue weighted by Crippen LogP contribution is 2.37. The quantitative estimate of drug-likeness (QED) is 0.360. The van der Waals surface area contributed by atoms with Crippen molar-refractivity contribution in [1.29, 1.82) is 0 Å². The summed E-state index contributed by atoms with van der Waals surface area (Å²) in [5, 5.41) is 4.68. The van der Waals surface area contributed by atoms with Crippen LogP contribution in [-0.2, 0) is 0 Å². The number of methoxy groups -OCH3 is 1. The molecule has 0 amide bonds. The number of ether oxygens (including phenoxy) is 1. The first-order chi connectivity index (χ1) is 16.6. The molecule has 0 radical (unpaired) electrons. The van der Waals surface area contributed by atoms with Crippen LogP contribution in [0.15, 0.2) is 71.8 Å². The Morgan fingerprint density at radius 2 is 1.91 bits per heavy atom. The van der Waals surface area contributed by atoms with Gasteiger partial charge in [0.05, 0.1) is 17.8 Å². The fraction of sp³-hybridized carbons (Fsp3) is 0.414. The van der Waals surface area contributed by atoms with Gasteiger partial charge >= 0.3 is 0 Å². The van der Waals surface area contributed by atoms with Crippen LogP contribution in [0.4, 0.5) is 11.4 Å². The second kappa shape index (κ2) is 13.4.